The summed E-state index contributed by atoms with van der Waals surface area (Å²) in [7, 11) is 0. The number of esters is 1. The average Bonchev–Trinajstić information content (AvgIpc) is 3.44. The third-order valence-electron chi connectivity index (χ3n) is 6.14. The number of nitrogens with one attached hydrogen (secondary N) is 1. The van der Waals surface area contributed by atoms with Gasteiger partial charge in [-0.3, -0.25) is 14.4 Å². The van der Waals surface area contributed by atoms with Gasteiger partial charge in [0.2, 0.25) is 12.7 Å². The van der Waals surface area contributed by atoms with Crippen molar-refractivity contribution >= 4 is 23.5 Å². The Hall–Kier alpha value is -2.81. The summed E-state index contributed by atoms with van der Waals surface area (Å²) in [5, 5.41) is 2.73. The first-order valence-corrected chi connectivity index (χ1v) is 10.7. The summed E-state index contributed by atoms with van der Waals surface area (Å²) < 4.78 is 21.4. The summed E-state index contributed by atoms with van der Waals surface area (Å²) in [6.45, 7) is 3.79. The van der Waals surface area contributed by atoms with Crippen LogP contribution in [0.4, 0.5) is 5.69 Å². The number of nitrogens with zero attached hydrogens (tertiary/aromatic N) is 1. The zero-order valence-corrected chi connectivity index (χ0v) is 17.7. The summed E-state index contributed by atoms with van der Waals surface area (Å²) in [4.78, 5) is 40.2. The SMILES string of the molecule is C[C@@H](OC(=O)C1(CC(=O)N2CCOCC2)CCCC1)C(=O)Nc1ccc2c(c1)OCO2. The van der Waals surface area contributed by atoms with Crippen LogP contribution in [0.5, 0.6) is 11.5 Å². The molecule has 3 aliphatic rings. The number of benzene rings is 1. The molecule has 31 heavy (non-hydrogen) atoms. The minimum absolute atomic E-state index is 0.0559. The second kappa shape index (κ2) is 9.13. The van der Waals surface area contributed by atoms with Crippen LogP contribution in [0.15, 0.2) is 18.2 Å². The van der Waals surface area contributed by atoms with Gasteiger partial charge >= 0.3 is 5.97 Å². The van der Waals surface area contributed by atoms with Crippen LogP contribution in [0, 0.1) is 5.41 Å². The van der Waals surface area contributed by atoms with E-state index in [1.165, 1.54) is 6.92 Å². The van der Waals surface area contributed by atoms with E-state index in [1.807, 2.05) is 0 Å². The average molecular weight is 432 g/mol. The highest BCUT2D eigenvalue weighted by atomic mass is 16.7. The second-order valence-corrected chi connectivity index (χ2v) is 8.26. The smallest absolute Gasteiger partial charge is 0.313 e. The maximum absolute atomic E-state index is 13.1. The fourth-order valence-electron chi connectivity index (χ4n) is 4.28. The molecule has 1 saturated heterocycles. The van der Waals surface area contributed by atoms with Gasteiger partial charge in [0.05, 0.1) is 18.6 Å². The normalized spacial score (nSPS) is 20.2. The van der Waals surface area contributed by atoms with E-state index < -0.39 is 23.4 Å². The molecule has 2 fully saturated rings. The molecule has 2 amide bonds. The van der Waals surface area contributed by atoms with Crippen LogP contribution in [-0.2, 0) is 23.9 Å². The minimum Gasteiger partial charge on any atom is -0.454 e. The van der Waals surface area contributed by atoms with Gasteiger partial charge in [-0.05, 0) is 31.9 Å². The van der Waals surface area contributed by atoms with E-state index in [4.69, 9.17) is 18.9 Å². The number of fused-ring (bicyclic) bond motifs is 1. The fourth-order valence-corrected chi connectivity index (χ4v) is 4.28. The number of hydrogen-bond acceptors (Lipinski definition) is 7. The van der Waals surface area contributed by atoms with Crippen molar-refractivity contribution in [1.29, 1.82) is 0 Å². The van der Waals surface area contributed by atoms with Crippen LogP contribution in [0.2, 0.25) is 0 Å². The Morgan fingerprint density at radius 2 is 1.84 bits per heavy atom. The first-order chi connectivity index (χ1) is 15.0. The summed E-state index contributed by atoms with van der Waals surface area (Å²) in [6.07, 6.45) is 2.04. The lowest BCUT2D eigenvalue weighted by molar-refractivity contribution is -0.166. The molecule has 1 N–H and O–H groups in total. The predicted octanol–water partition coefficient (Wildman–Crippen LogP) is 2.09. The molecule has 1 aromatic carbocycles. The van der Waals surface area contributed by atoms with Gasteiger partial charge < -0.3 is 29.2 Å². The van der Waals surface area contributed by atoms with Crippen molar-refractivity contribution in [2.24, 2.45) is 5.41 Å². The maximum Gasteiger partial charge on any atom is 0.313 e. The number of anilines is 1. The molecule has 2 heterocycles. The Morgan fingerprint density at radius 3 is 2.58 bits per heavy atom. The van der Waals surface area contributed by atoms with Crippen molar-refractivity contribution in [1.82, 2.24) is 4.90 Å². The number of morpholine rings is 1. The first-order valence-electron chi connectivity index (χ1n) is 10.7. The van der Waals surface area contributed by atoms with Crippen LogP contribution in [0.25, 0.3) is 0 Å². The Kier molecular flexibility index (Phi) is 6.31. The molecule has 2 aliphatic heterocycles. The highest BCUT2D eigenvalue weighted by Crippen LogP contribution is 2.43. The molecule has 4 rings (SSSR count). The molecule has 1 atom stereocenters. The second-order valence-electron chi connectivity index (χ2n) is 8.26. The number of carbonyl (C=O) groups excluding carboxylic acids is 3. The van der Waals surface area contributed by atoms with E-state index in [0.717, 1.165) is 12.8 Å². The van der Waals surface area contributed by atoms with Crippen LogP contribution in [0.1, 0.15) is 39.0 Å². The molecule has 1 saturated carbocycles. The molecule has 1 aliphatic carbocycles. The molecule has 0 bridgehead atoms. The molecule has 9 nitrogen and oxygen atoms in total. The molecule has 9 heteroatoms. The van der Waals surface area contributed by atoms with Gasteiger partial charge in [0.1, 0.15) is 0 Å². The van der Waals surface area contributed by atoms with Gasteiger partial charge in [0, 0.05) is 31.3 Å². The third-order valence-corrected chi connectivity index (χ3v) is 6.14. The lowest BCUT2D eigenvalue weighted by Gasteiger charge is -2.32. The zero-order valence-electron chi connectivity index (χ0n) is 17.7. The molecule has 0 aromatic heterocycles. The van der Waals surface area contributed by atoms with Crippen molar-refractivity contribution in [2.45, 2.75) is 45.1 Å². The Bertz CT molecular complexity index is 844. The maximum atomic E-state index is 13.1. The molecule has 0 spiro atoms. The standard InChI is InChI=1S/C22H28N2O7/c1-15(20(26)23-16-4-5-17-18(12-16)30-14-29-17)31-21(27)22(6-2-3-7-22)13-19(25)24-8-10-28-11-9-24/h4-5,12,15H,2-3,6-11,13-14H2,1H3,(H,23,26)/t15-/m1/s1. The third kappa shape index (κ3) is 4.76. The number of ether oxygens (including phenoxy) is 4. The molecular weight excluding hydrogens is 404 g/mol. The molecule has 1 aromatic rings. The van der Waals surface area contributed by atoms with Gasteiger partial charge in [0.25, 0.3) is 5.91 Å². The van der Waals surface area contributed by atoms with Gasteiger partial charge in [-0.1, -0.05) is 12.8 Å². The minimum atomic E-state index is -0.992. The van der Waals surface area contributed by atoms with Gasteiger partial charge in [-0.2, -0.15) is 0 Å². The molecule has 0 radical (unpaired) electrons. The van der Waals surface area contributed by atoms with Crippen LogP contribution in [-0.4, -0.2) is 61.9 Å². The van der Waals surface area contributed by atoms with Gasteiger partial charge in [-0.25, -0.2) is 0 Å². The quantitative estimate of drug-likeness (QED) is 0.687. The van der Waals surface area contributed by atoms with Gasteiger partial charge in [0.15, 0.2) is 17.6 Å². The van der Waals surface area contributed by atoms with E-state index >= 15 is 0 Å². The highest BCUT2D eigenvalue weighted by molar-refractivity contribution is 5.96. The molecule has 168 valence electrons. The van der Waals surface area contributed by atoms with Crippen LogP contribution >= 0.6 is 0 Å². The number of hydrogen-bond donors (Lipinski definition) is 1. The molecular formula is C22H28N2O7. The lowest BCUT2D eigenvalue weighted by atomic mass is 9.82. The summed E-state index contributed by atoms with van der Waals surface area (Å²) >= 11 is 0. The molecule has 0 unspecified atom stereocenters. The number of rotatable bonds is 6. The van der Waals surface area contributed by atoms with E-state index in [0.29, 0.717) is 56.3 Å². The van der Waals surface area contributed by atoms with Crippen molar-refractivity contribution < 1.29 is 33.3 Å². The zero-order chi connectivity index (χ0) is 21.8. The van der Waals surface area contributed by atoms with Crippen molar-refractivity contribution in [3.63, 3.8) is 0 Å². The predicted molar refractivity (Wildman–Crippen MR) is 110 cm³/mol. The van der Waals surface area contributed by atoms with Crippen molar-refractivity contribution in [3.05, 3.63) is 18.2 Å². The van der Waals surface area contributed by atoms with Crippen molar-refractivity contribution in [2.75, 3.05) is 38.4 Å². The monoisotopic (exact) mass is 432 g/mol. The topological polar surface area (TPSA) is 103 Å². The van der Waals surface area contributed by atoms with Crippen LogP contribution < -0.4 is 14.8 Å². The summed E-state index contributed by atoms with van der Waals surface area (Å²) in [5.74, 6) is 0.194. The first kappa shape index (κ1) is 21.4. The fraction of sp³-hybridized carbons (Fsp3) is 0.591. The van der Waals surface area contributed by atoms with E-state index in [2.05, 4.69) is 5.32 Å². The number of amides is 2. The van der Waals surface area contributed by atoms with Crippen molar-refractivity contribution in [3.8, 4) is 11.5 Å². The number of carbonyl (C=O) groups is 3. The van der Waals surface area contributed by atoms with E-state index in [9.17, 15) is 14.4 Å². The lowest BCUT2D eigenvalue weighted by Crippen LogP contribution is -2.45. The highest BCUT2D eigenvalue weighted by Gasteiger charge is 2.46. The Morgan fingerprint density at radius 1 is 1.13 bits per heavy atom. The van der Waals surface area contributed by atoms with Crippen LogP contribution in [0.3, 0.4) is 0 Å². The Labute approximate surface area is 181 Å². The van der Waals surface area contributed by atoms with E-state index in [-0.39, 0.29) is 19.1 Å². The van der Waals surface area contributed by atoms with Gasteiger partial charge in [-0.15, -0.1) is 0 Å². The largest absolute Gasteiger partial charge is 0.454 e. The summed E-state index contributed by atoms with van der Waals surface area (Å²) in [6, 6.07) is 5.06. The summed E-state index contributed by atoms with van der Waals surface area (Å²) in [5.41, 5.74) is -0.335. The Balaban J connectivity index is 1.36. The van der Waals surface area contributed by atoms with E-state index in [1.54, 1.807) is 23.1 Å².